The van der Waals surface area contributed by atoms with Gasteiger partial charge in [-0.3, -0.25) is 4.79 Å². The van der Waals surface area contributed by atoms with Crippen LogP contribution in [-0.2, 0) is 14.8 Å². The molecular formula is C20H26N2O3S. The topological polar surface area (TPSA) is 66.5 Å². The lowest BCUT2D eigenvalue weighted by Crippen LogP contribution is -2.44. The first-order valence-electron chi connectivity index (χ1n) is 9.21. The van der Waals surface area contributed by atoms with E-state index in [0.29, 0.717) is 30.8 Å². The highest BCUT2D eigenvalue weighted by Gasteiger charge is 2.32. The monoisotopic (exact) mass is 374 g/mol. The average molecular weight is 375 g/mol. The van der Waals surface area contributed by atoms with Crippen molar-refractivity contribution in [2.24, 2.45) is 5.92 Å². The van der Waals surface area contributed by atoms with Gasteiger partial charge in [0.2, 0.25) is 15.9 Å². The summed E-state index contributed by atoms with van der Waals surface area (Å²) in [6.07, 6.45) is 2.02. The van der Waals surface area contributed by atoms with Crippen LogP contribution >= 0.6 is 0 Å². The van der Waals surface area contributed by atoms with Gasteiger partial charge in [0, 0.05) is 25.0 Å². The van der Waals surface area contributed by atoms with Crippen LogP contribution in [0.25, 0.3) is 10.8 Å². The summed E-state index contributed by atoms with van der Waals surface area (Å²) in [6.45, 7) is 4.78. The molecule has 2 aromatic carbocycles. The number of nitrogens with one attached hydrogen (secondary N) is 1. The van der Waals surface area contributed by atoms with Crippen LogP contribution in [0.1, 0.15) is 33.1 Å². The van der Waals surface area contributed by atoms with E-state index in [1.807, 2.05) is 44.2 Å². The summed E-state index contributed by atoms with van der Waals surface area (Å²) in [5.74, 6) is -0.0610. The number of carbonyl (C=O) groups excluding carboxylic acids is 1. The van der Waals surface area contributed by atoms with Gasteiger partial charge in [0.1, 0.15) is 0 Å². The van der Waals surface area contributed by atoms with Crippen LogP contribution < -0.4 is 5.32 Å². The first-order valence-corrected chi connectivity index (χ1v) is 10.6. The van der Waals surface area contributed by atoms with Gasteiger partial charge in [-0.25, -0.2) is 8.42 Å². The molecule has 3 rings (SSSR count). The summed E-state index contributed by atoms with van der Waals surface area (Å²) >= 11 is 0. The smallest absolute Gasteiger partial charge is 0.243 e. The van der Waals surface area contributed by atoms with Crippen molar-refractivity contribution in [3.8, 4) is 0 Å². The zero-order valence-electron chi connectivity index (χ0n) is 15.3. The van der Waals surface area contributed by atoms with Crippen molar-refractivity contribution in [2.75, 3.05) is 13.1 Å². The van der Waals surface area contributed by atoms with Crippen LogP contribution in [0.15, 0.2) is 47.4 Å². The maximum atomic E-state index is 13.0. The van der Waals surface area contributed by atoms with Crippen LogP contribution in [0.3, 0.4) is 0 Å². The van der Waals surface area contributed by atoms with Gasteiger partial charge in [0.05, 0.1) is 4.90 Å². The molecule has 1 amide bonds. The Labute approximate surface area is 155 Å². The van der Waals surface area contributed by atoms with Crippen molar-refractivity contribution in [2.45, 2.75) is 44.0 Å². The molecule has 140 valence electrons. The molecular weight excluding hydrogens is 348 g/mol. The molecule has 1 N–H and O–H groups in total. The SMILES string of the molecule is CC[C@H](C)NC(=O)C1CCN(S(=O)(=O)c2ccc3ccccc3c2)CC1. The van der Waals surface area contributed by atoms with E-state index in [1.54, 1.807) is 12.1 Å². The Hall–Kier alpha value is -1.92. The van der Waals surface area contributed by atoms with Crippen LogP contribution in [0.4, 0.5) is 0 Å². The molecule has 0 bridgehead atoms. The number of fused-ring (bicyclic) bond motifs is 1. The predicted molar refractivity (Wildman–Crippen MR) is 103 cm³/mol. The molecule has 1 heterocycles. The van der Waals surface area contributed by atoms with Crippen molar-refractivity contribution < 1.29 is 13.2 Å². The van der Waals surface area contributed by atoms with E-state index >= 15 is 0 Å². The average Bonchev–Trinajstić information content (AvgIpc) is 2.67. The minimum atomic E-state index is -3.53. The highest BCUT2D eigenvalue weighted by molar-refractivity contribution is 7.89. The third kappa shape index (κ3) is 3.91. The zero-order chi connectivity index (χ0) is 18.7. The number of piperidine rings is 1. The summed E-state index contributed by atoms with van der Waals surface area (Å²) in [5, 5.41) is 4.93. The number of amides is 1. The second-order valence-electron chi connectivity index (χ2n) is 7.01. The Morgan fingerprint density at radius 3 is 2.46 bits per heavy atom. The highest BCUT2D eigenvalue weighted by atomic mass is 32.2. The predicted octanol–water partition coefficient (Wildman–Crippen LogP) is 3.16. The molecule has 1 fully saturated rings. The largest absolute Gasteiger partial charge is 0.353 e. The number of nitrogens with zero attached hydrogens (tertiary/aromatic N) is 1. The number of sulfonamides is 1. The standard InChI is InChI=1S/C20H26N2O3S/c1-3-15(2)21-20(23)17-10-12-22(13-11-17)26(24,25)19-9-8-16-6-4-5-7-18(16)14-19/h4-9,14-15,17H,3,10-13H2,1-2H3,(H,21,23)/t15-/m0/s1. The van der Waals surface area contributed by atoms with Gasteiger partial charge in [-0.1, -0.05) is 37.3 Å². The fourth-order valence-electron chi connectivity index (χ4n) is 3.30. The number of benzene rings is 2. The summed E-state index contributed by atoms with van der Waals surface area (Å²) in [4.78, 5) is 12.6. The number of hydrogen-bond acceptors (Lipinski definition) is 3. The molecule has 0 unspecified atom stereocenters. The Kier molecular flexibility index (Phi) is 5.63. The summed E-state index contributed by atoms with van der Waals surface area (Å²) in [7, 11) is -3.53. The van der Waals surface area contributed by atoms with Crippen molar-refractivity contribution in [1.82, 2.24) is 9.62 Å². The second kappa shape index (κ2) is 7.76. The Bertz CT molecular complexity index is 887. The Morgan fingerprint density at radius 2 is 1.81 bits per heavy atom. The zero-order valence-corrected chi connectivity index (χ0v) is 16.1. The van der Waals surface area contributed by atoms with E-state index in [-0.39, 0.29) is 17.9 Å². The number of rotatable bonds is 5. The van der Waals surface area contributed by atoms with Gasteiger partial charge in [-0.2, -0.15) is 4.31 Å². The maximum absolute atomic E-state index is 13.0. The van der Waals surface area contributed by atoms with Gasteiger partial charge in [-0.05, 0) is 49.1 Å². The molecule has 1 atom stereocenters. The Morgan fingerprint density at radius 1 is 1.15 bits per heavy atom. The lowest BCUT2D eigenvalue weighted by atomic mass is 9.97. The van der Waals surface area contributed by atoms with Gasteiger partial charge in [0.15, 0.2) is 0 Å². The maximum Gasteiger partial charge on any atom is 0.243 e. The molecule has 1 aliphatic rings. The molecule has 5 nitrogen and oxygen atoms in total. The van der Waals surface area contributed by atoms with Crippen molar-refractivity contribution in [3.63, 3.8) is 0 Å². The van der Waals surface area contributed by atoms with Crippen LogP contribution in [-0.4, -0.2) is 37.8 Å². The minimum Gasteiger partial charge on any atom is -0.353 e. The highest BCUT2D eigenvalue weighted by Crippen LogP contribution is 2.26. The summed E-state index contributed by atoms with van der Waals surface area (Å²) < 4.78 is 27.4. The Balaban J connectivity index is 1.70. The van der Waals surface area contributed by atoms with E-state index < -0.39 is 10.0 Å². The second-order valence-corrected chi connectivity index (χ2v) is 8.94. The quantitative estimate of drug-likeness (QED) is 0.874. The minimum absolute atomic E-state index is 0.0436. The van der Waals surface area contributed by atoms with Crippen LogP contribution in [0, 0.1) is 5.92 Å². The molecule has 2 aromatic rings. The fraction of sp³-hybridized carbons (Fsp3) is 0.450. The molecule has 0 saturated carbocycles. The molecule has 0 radical (unpaired) electrons. The van der Waals surface area contributed by atoms with E-state index in [2.05, 4.69) is 5.32 Å². The van der Waals surface area contributed by atoms with E-state index in [4.69, 9.17) is 0 Å². The van der Waals surface area contributed by atoms with Gasteiger partial charge < -0.3 is 5.32 Å². The first-order chi connectivity index (χ1) is 12.4. The molecule has 0 aliphatic carbocycles. The third-order valence-corrected chi connectivity index (χ3v) is 7.08. The van der Waals surface area contributed by atoms with Crippen LogP contribution in [0.2, 0.25) is 0 Å². The van der Waals surface area contributed by atoms with E-state index in [0.717, 1.165) is 17.2 Å². The van der Waals surface area contributed by atoms with Crippen molar-refractivity contribution in [3.05, 3.63) is 42.5 Å². The van der Waals surface area contributed by atoms with Crippen LogP contribution in [0.5, 0.6) is 0 Å². The molecule has 1 saturated heterocycles. The lowest BCUT2D eigenvalue weighted by Gasteiger charge is -2.31. The fourth-order valence-corrected chi connectivity index (χ4v) is 4.80. The van der Waals surface area contributed by atoms with E-state index in [1.165, 1.54) is 4.31 Å². The normalized spacial score (nSPS) is 17.9. The van der Waals surface area contributed by atoms with Gasteiger partial charge >= 0.3 is 0 Å². The molecule has 0 aromatic heterocycles. The van der Waals surface area contributed by atoms with Gasteiger partial charge in [-0.15, -0.1) is 0 Å². The lowest BCUT2D eigenvalue weighted by molar-refractivity contribution is -0.126. The van der Waals surface area contributed by atoms with Crippen molar-refractivity contribution in [1.29, 1.82) is 0 Å². The molecule has 6 heteroatoms. The molecule has 26 heavy (non-hydrogen) atoms. The number of carbonyl (C=O) groups is 1. The molecule has 0 spiro atoms. The van der Waals surface area contributed by atoms with E-state index in [9.17, 15) is 13.2 Å². The summed E-state index contributed by atoms with van der Waals surface area (Å²) in [5.41, 5.74) is 0. The third-order valence-electron chi connectivity index (χ3n) is 5.18. The number of hydrogen-bond donors (Lipinski definition) is 1. The van der Waals surface area contributed by atoms with Gasteiger partial charge in [0.25, 0.3) is 0 Å². The molecule has 1 aliphatic heterocycles. The summed E-state index contributed by atoms with van der Waals surface area (Å²) in [6, 6.07) is 13.1. The van der Waals surface area contributed by atoms with Crippen molar-refractivity contribution >= 4 is 26.7 Å². The first kappa shape index (κ1) is 18.9.